The number of halogens is 13. The molecule has 5 rings (SSSR count). The molecule has 19 heteroatoms. The Labute approximate surface area is 343 Å². The van der Waals surface area contributed by atoms with E-state index in [9.17, 15) is 62.3 Å². The van der Waals surface area contributed by atoms with Gasteiger partial charge in [-0.25, -0.2) is 0 Å². The molecule has 0 heterocycles. The van der Waals surface area contributed by atoms with Crippen molar-refractivity contribution in [2.75, 3.05) is 18.0 Å². The summed E-state index contributed by atoms with van der Waals surface area (Å²) in [6.07, 6.45) is -21.2. The van der Waals surface area contributed by atoms with Crippen LogP contribution in [0.25, 0.3) is 0 Å². The molecule has 0 radical (unpaired) electrons. The number of carbonyl (C=O) groups is 2. The number of urea groups is 1. The van der Waals surface area contributed by atoms with Gasteiger partial charge in [-0.15, -0.1) is 0 Å². The van der Waals surface area contributed by atoms with E-state index >= 15 is 0 Å². The van der Waals surface area contributed by atoms with Crippen LogP contribution in [0, 0.1) is 0 Å². The van der Waals surface area contributed by atoms with E-state index in [1.165, 1.54) is 0 Å². The summed E-state index contributed by atoms with van der Waals surface area (Å²) < 4.78 is 165. The van der Waals surface area contributed by atoms with E-state index < -0.39 is 88.6 Å². The van der Waals surface area contributed by atoms with E-state index in [1.807, 2.05) is 5.32 Å². The average molecular weight is 939 g/mol. The molecule has 1 atom stereocenters. The van der Waals surface area contributed by atoms with Crippen molar-refractivity contribution < 1.29 is 62.3 Å². The third kappa shape index (κ3) is 11.4. The summed E-state index contributed by atoms with van der Waals surface area (Å²) in [6.45, 7) is -0.861. The Balaban J connectivity index is 1.54. The molecule has 5 aromatic carbocycles. The quantitative estimate of drug-likeness (QED) is 0.0862. The Morgan fingerprint density at radius 2 is 0.950 bits per heavy atom. The van der Waals surface area contributed by atoms with Gasteiger partial charge in [0.15, 0.2) is 0 Å². The summed E-state index contributed by atoms with van der Waals surface area (Å²) in [6, 6.07) is 24.6. The fourth-order valence-corrected chi connectivity index (χ4v) is 15.1. The predicted octanol–water partition coefficient (Wildman–Crippen LogP) is 11.3. The number of rotatable bonds is 12. The van der Waals surface area contributed by atoms with Gasteiger partial charge in [-0.2, -0.15) is 26.3 Å². The topological polar surface area (TPSA) is 70.2 Å². The molecule has 0 saturated heterocycles. The van der Waals surface area contributed by atoms with Gasteiger partial charge in [0.2, 0.25) is 0 Å². The SMILES string of the molecule is O=C(CNC(=O)Nc1cc(C(F)(F)F)cc(C(F)(F)F)c1)N[C@@H](Cc1ccccc1)CP(Br)(Cc1cc(C(F)(F)F)cc(C(F)(F)F)c1)(c1ccccc1)c1ccccc1. The van der Waals surface area contributed by atoms with Crippen molar-refractivity contribution >= 4 is 49.0 Å². The molecular formula is C41H33BrF12N3O2P. The van der Waals surface area contributed by atoms with Gasteiger partial charge in [-0.3, -0.25) is 0 Å². The van der Waals surface area contributed by atoms with Gasteiger partial charge in [0.1, 0.15) is 0 Å². The summed E-state index contributed by atoms with van der Waals surface area (Å²) >= 11 is 4.02. The zero-order chi connectivity index (χ0) is 44.2. The predicted molar refractivity (Wildman–Crippen MR) is 209 cm³/mol. The number of hydrogen-bond acceptors (Lipinski definition) is 2. The van der Waals surface area contributed by atoms with Crippen molar-refractivity contribution in [1.82, 2.24) is 10.6 Å². The van der Waals surface area contributed by atoms with E-state index in [-0.39, 0.29) is 42.4 Å². The van der Waals surface area contributed by atoms with Gasteiger partial charge in [0.25, 0.3) is 0 Å². The first kappa shape index (κ1) is 46.0. The molecule has 0 aliphatic rings. The summed E-state index contributed by atoms with van der Waals surface area (Å²) in [5.41, 5.74) is -6.97. The third-order valence-electron chi connectivity index (χ3n) is 9.40. The van der Waals surface area contributed by atoms with Crippen molar-refractivity contribution in [3.05, 3.63) is 161 Å². The first-order chi connectivity index (χ1) is 27.8. The van der Waals surface area contributed by atoms with Gasteiger partial charge in [-0.1, -0.05) is 0 Å². The first-order valence-electron chi connectivity index (χ1n) is 17.6. The normalized spacial score (nSPS) is 13.8. The van der Waals surface area contributed by atoms with Gasteiger partial charge < -0.3 is 0 Å². The number of alkyl halides is 12. The third-order valence-corrected chi connectivity index (χ3v) is 18.7. The second kappa shape index (κ2) is 17.5. The van der Waals surface area contributed by atoms with E-state index in [1.54, 1.807) is 91.0 Å². The second-order valence-electron chi connectivity index (χ2n) is 13.9. The van der Waals surface area contributed by atoms with Crippen LogP contribution in [-0.4, -0.2) is 30.7 Å². The monoisotopic (exact) mass is 937 g/mol. The molecule has 0 fully saturated rings. The number of amides is 3. The second-order valence-corrected chi connectivity index (χ2v) is 23.5. The van der Waals surface area contributed by atoms with E-state index in [0.29, 0.717) is 28.3 Å². The Morgan fingerprint density at radius 1 is 0.550 bits per heavy atom. The molecule has 320 valence electrons. The van der Waals surface area contributed by atoms with Crippen LogP contribution in [0.15, 0.2) is 127 Å². The summed E-state index contributed by atoms with van der Waals surface area (Å²) in [5, 5.41) is 3.43. The summed E-state index contributed by atoms with van der Waals surface area (Å²) in [4.78, 5) is 26.3. The molecule has 5 aromatic rings. The van der Waals surface area contributed by atoms with Crippen LogP contribution in [0.1, 0.15) is 33.4 Å². The number of benzene rings is 5. The maximum absolute atomic E-state index is 14.1. The van der Waals surface area contributed by atoms with E-state index in [4.69, 9.17) is 0 Å². The van der Waals surface area contributed by atoms with Crippen molar-refractivity contribution in [3.63, 3.8) is 0 Å². The van der Waals surface area contributed by atoms with Gasteiger partial charge in [0, 0.05) is 0 Å². The van der Waals surface area contributed by atoms with E-state index in [0.717, 1.165) is 0 Å². The van der Waals surface area contributed by atoms with E-state index in [2.05, 4.69) is 26.1 Å². The molecule has 0 aromatic heterocycles. The molecule has 3 N–H and O–H groups in total. The standard InChI is InChI=1S/C41H33BrF12N3O2P/c42-60(34-12-6-2-7-13-34,35-14-8-3-9-15-35,24-27-16-28(38(43,44)45)19-29(17-27)39(46,47)48)25-33(18-26-10-4-1-5-11-26)56-36(58)23-55-37(59)57-32-21-30(40(49,50)51)20-31(22-32)41(52,53)54/h1-17,19-22,33H,18,23-25H2,(H,56,58)(H2,55,57,59)/t33-/m0/s1. The Hall–Kier alpha value is -5.09. The molecule has 0 unspecified atom stereocenters. The van der Waals surface area contributed by atoms with Crippen LogP contribution >= 0.6 is 20.8 Å². The van der Waals surface area contributed by atoms with Gasteiger partial charge in [-0.05, 0) is 0 Å². The fourth-order valence-electron chi connectivity index (χ4n) is 6.80. The summed E-state index contributed by atoms with van der Waals surface area (Å²) in [5.74, 6) is -0.900. The van der Waals surface area contributed by atoms with Crippen LogP contribution in [0.4, 0.5) is 63.2 Å². The van der Waals surface area contributed by atoms with Crippen molar-refractivity contribution in [2.45, 2.75) is 43.3 Å². The van der Waals surface area contributed by atoms with Crippen LogP contribution in [0.3, 0.4) is 0 Å². The van der Waals surface area contributed by atoms with Crippen molar-refractivity contribution in [1.29, 1.82) is 0 Å². The van der Waals surface area contributed by atoms with Crippen molar-refractivity contribution in [3.8, 4) is 0 Å². The van der Waals surface area contributed by atoms with Gasteiger partial charge in [0.05, 0.1) is 0 Å². The Bertz CT molecular complexity index is 2180. The molecule has 0 saturated carbocycles. The molecule has 5 nitrogen and oxygen atoms in total. The molecule has 0 bridgehead atoms. The maximum atomic E-state index is 14.1. The number of nitrogens with one attached hydrogen (secondary N) is 3. The van der Waals surface area contributed by atoms with Crippen LogP contribution in [0.2, 0.25) is 0 Å². The zero-order valence-electron chi connectivity index (χ0n) is 30.7. The molecular weight excluding hydrogens is 905 g/mol. The minimum atomic E-state index is -5.20. The van der Waals surface area contributed by atoms with Gasteiger partial charge >= 0.3 is 318 Å². The minimum absolute atomic E-state index is 0.0294. The Morgan fingerprint density at radius 3 is 1.37 bits per heavy atom. The molecule has 0 aliphatic heterocycles. The average Bonchev–Trinajstić information content (AvgIpc) is 3.16. The van der Waals surface area contributed by atoms with Crippen LogP contribution in [-0.2, 0) is 42.1 Å². The Kier molecular flexibility index (Phi) is 13.4. The molecule has 0 spiro atoms. The van der Waals surface area contributed by atoms with Crippen LogP contribution in [0.5, 0.6) is 0 Å². The summed E-state index contributed by atoms with van der Waals surface area (Å²) in [7, 11) is 0. The number of carbonyl (C=O) groups excluding carboxylic acids is 2. The first-order valence-corrected chi connectivity index (χ1v) is 22.3. The number of anilines is 1. The van der Waals surface area contributed by atoms with Crippen molar-refractivity contribution in [2.24, 2.45) is 0 Å². The molecule has 0 aliphatic carbocycles. The molecule has 60 heavy (non-hydrogen) atoms. The van der Waals surface area contributed by atoms with Crippen LogP contribution < -0.4 is 26.6 Å². The fraction of sp³-hybridized carbons (Fsp3) is 0.220. The number of hydrogen-bond donors (Lipinski definition) is 3. The zero-order valence-corrected chi connectivity index (χ0v) is 33.2. The molecule has 3 amide bonds.